The van der Waals surface area contributed by atoms with E-state index in [1.165, 1.54) is 0 Å². The van der Waals surface area contributed by atoms with Crippen molar-refractivity contribution in [1.29, 1.82) is 0 Å². The van der Waals surface area contributed by atoms with Crippen molar-refractivity contribution in [3.63, 3.8) is 0 Å². The molecule has 1 amide bonds. The standard InChI is InChI=1S/C13H18ClFN2O3S/c1-2-3-4-5-6-17-13(18)10-7-9(21(16,19)20)8-11(15)12(10)14/h7-8H,2-6H2,1H3,(H,17,18)(H2,16,19,20). The lowest BCUT2D eigenvalue weighted by Crippen LogP contribution is -2.25. The highest BCUT2D eigenvalue weighted by molar-refractivity contribution is 7.89. The van der Waals surface area contributed by atoms with Crippen LogP contribution in [0.2, 0.25) is 5.02 Å². The lowest BCUT2D eigenvalue weighted by molar-refractivity contribution is 0.0952. The molecule has 21 heavy (non-hydrogen) atoms. The van der Waals surface area contributed by atoms with Crippen molar-refractivity contribution in [1.82, 2.24) is 5.32 Å². The molecule has 0 atom stereocenters. The number of carbonyl (C=O) groups is 1. The summed E-state index contributed by atoms with van der Waals surface area (Å²) in [7, 11) is -4.11. The Hall–Kier alpha value is -1.18. The van der Waals surface area contributed by atoms with Gasteiger partial charge in [-0.05, 0) is 18.6 Å². The number of nitrogens with two attached hydrogens (primary N) is 1. The molecule has 0 aliphatic rings. The third-order valence-electron chi connectivity index (χ3n) is 2.89. The van der Waals surface area contributed by atoms with Crippen molar-refractivity contribution >= 4 is 27.5 Å². The van der Waals surface area contributed by atoms with Gasteiger partial charge in [0.2, 0.25) is 10.0 Å². The van der Waals surface area contributed by atoms with Gasteiger partial charge in [-0.2, -0.15) is 0 Å². The minimum Gasteiger partial charge on any atom is -0.352 e. The van der Waals surface area contributed by atoms with Gasteiger partial charge in [-0.25, -0.2) is 17.9 Å². The van der Waals surface area contributed by atoms with Gasteiger partial charge in [0.15, 0.2) is 0 Å². The van der Waals surface area contributed by atoms with Gasteiger partial charge in [-0.3, -0.25) is 4.79 Å². The minimum atomic E-state index is -4.11. The Kier molecular flexibility index (Phi) is 6.57. The molecule has 0 spiro atoms. The minimum absolute atomic E-state index is 0.240. The first kappa shape index (κ1) is 17.9. The van der Waals surface area contributed by atoms with E-state index in [0.29, 0.717) is 12.6 Å². The third-order valence-corrected chi connectivity index (χ3v) is 4.17. The molecule has 0 saturated heterocycles. The number of benzene rings is 1. The molecule has 0 aliphatic carbocycles. The lowest BCUT2D eigenvalue weighted by Gasteiger charge is -2.09. The maximum atomic E-state index is 13.6. The number of hydrogen-bond acceptors (Lipinski definition) is 3. The average molecular weight is 337 g/mol. The maximum absolute atomic E-state index is 13.6. The number of rotatable bonds is 7. The predicted octanol–water partition coefficient (Wildman–Crippen LogP) is 2.44. The zero-order chi connectivity index (χ0) is 16.0. The van der Waals surface area contributed by atoms with Crippen LogP contribution in [-0.4, -0.2) is 20.9 Å². The van der Waals surface area contributed by atoms with E-state index in [0.717, 1.165) is 31.7 Å². The van der Waals surface area contributed by atoms with Crippen LogP contribution >= 0.6 is 11.6 Å². The highest BCUT2D eigenvalue weighted by atomic mass is 35.5. The number of primary sulfonamides is 1. The van der Waals surface area contributed by atoms with Crippen molar-refractivity contribution < 1.29 is 17.6 Å². The largest absolute Gasteiger partial charge is 0.352 e. The fraction of sp³-hybridized carbons (Fsp3) is 0.462. The van der Waals surface area contributed by atoms with E-state index < -0.39 is 31.7 Å². The summed E-state index contributed by atoms with van der Waals surface area (Å²) in [5, 5.41) is 7.09. The Bertz CT molecular complexity index is 620. The summed E-state index contributed by atoms with van der Waals surface area (Å²) in [6.45, 7) is 2.48. The van der Waals surface area contributed by atoms with Crippen molar-refractivity contribution in [2.24, 2.45) is 5.14 Å². The van der Waals surface area contributed by atoms with Gasteiger partial charge >= 0.3 is 0 Å². The van der Waals surface area contributed by atoms with Gasteiger partial charge in [0.25, 0.3) is 5.91 Å². The van der Waals surface area contributed by atoms with Gasteiger partial charge in [0, 0.05) is 6.54 Å². The van der Waals surface area contributed by atoms with Crippen molar-refractivity contribution in [3.8, 4) is 0 Å². The summed E-state index contributed by atoms with van der Waals surface area (Å²) >= 11 is 5.70. The van der Waals surface area contributed by atoms with E-state index in [1.54, 1.807) is 0 Å². The molecule has 8 heteroatoms. The molecule has 0 fully saturated rings. The molecule has 118 valence electrons. The first-order valence-corrected chi connectivity index (χ1v) is 8.49. The van der Waals surface area contributed by atoms with E-state index in [9.17, 15) is 17.6 Å². The van der Waals surface area contributed by atoms with E-state index in [2.05, 4.69) is 12.2 Å². The zero-order valence-corrected chi connectivity index (χ0v) is 13.2. The number of unbranched alkanes of at least 4 members (excludes halogenated alkanes) is 3. The van der Waals surface area contributed by atoms with E-state index >= 15 is 0 Å². The fourth-order valence-corrected chi connectivity index (χ4v) is 2.49. The molecule has 1 aromatic rings. The molecule has 0 aromatic heterocycles. The summed E-state index contributed by atoms with van der Waals surface area (Å²) < 4.78 is 36.1. The average Bonchev–Trinajstić information content (AvgIpc) is 2.40. The van der Waals surface area contributed by atoms with E-state index in [1.807, 2.05) is 0 Å². The molecule has 1 rings (SSSR count). The SMILES string of the molecule is CCCCCCNC(=O)c1cc(S(N)(=O)=O)cc(F)c1Cl. The van der Waals surface area contributed by atoms with Crippen LogP contribution in [0.4, 0.5) is 4.39 Å². The molecule has 0 saturated carbocycles. The Morgan fingerprint density at radius 2 is 2.00 bits per heavy atom. The number of sulfonamides is 1. The zero-order valence-electron chi connectivity index (χ0n) is 11.7. The Morgan fingerprint density at radius 3 is 2.57 bits per heavy atom. The third kappa shape index (κ3) is 5.26. The highest BCUT2D eigenvalue weighted by Gasteiger charge is 2.19. The molecule has 0 aliphatic heterocycles. The second kappa shape index (κ2) is 7.72. The lowest BCUT2D eigenvalue weighted by atomic mass is 10.2. The molecular formula is C13H18ClFN2O3S. The van der Waals surface area contributed by atoms with Crippen LogP contribution in [0.5, 0.6) is 0 Å². The number of halogens is 2. The quantitative estimate of drug-likeness (QED) is 0.749. The van der Waals surface area contributed by atoms with Crippen LogP contribution in [-0.2, 0) is 10.0 Å². The number of amides is 1. The molecule has 3 N–H and O–H groups in total. The maximum Gasteiger partial charge on any atom is 0.252 e. The molecule has 0 unspecified atom stereocenters. The van der Waals surface area contributed by atoms with Crippen LogP contribution in [0, 0.1) is 5.82 Å². The second-order valence-electron chi connectivity index (χ2n) is 4.63. The first-order chi connectivity index (χ1) is 9.77. The Balaban J connectivity index is 2.86. The smallest absolute Gasteiger partial charge is 0.252 e. The van der Waals surface area contributed by atoms with Crippen LogP contribution in [0.15, 0.2) is 17.0 Å². The molecule has 0 bridgehead atoms. The summed E-state index contributed by atoms with van der Waals surface area (Å²) in [6, 6.07) is 1.66. The molecular weight excluding hydrogens is 319 g/mol. The first-order valence-electron chi connectivity index (χ1n) is 6.57. The highest BCUT2D eigenvalue weighted by Crippen LogP contribution is 2.24. The second-order valence-corrected chi connectivity index (χ2v) is 6.57. The van der Waals surface area contributed by atoms with Gasteiger partial charge in [0.1, 0.15) is 5.82 Å². The summed E-state index contributed by atoms with van der Waals surface area (Å²) in [4.78, 5) is 11.4. The number of carbonyl (C=O) groups excluding carboxylic acids is 1. The molecule has 0 heterocycles. The topological polar surface area (TPSA) is 89.3 Å². The summed E-state index contributed by atoms with van der Waals surface area (Å²) in [5.41, 5.74) is -0.240. The molecule has 0 radical (unpaired) electrons. The number of hydrogen-bond donors (Lipinski definition) is 2. The molecule has 5 nitrogen and oxygen atoms in total. The normalized spacial score (nSPS) is 11.4. The van der Waals surface area contributed by atoms with Crippen molar-refractivity contribution in [2.45, 2.75) is 37.5 Å². The van der Waals surface area contributed by atoms with Gasteiger partial charge < -0.3 is 5.32 Å². The van der Waals surface area contributed by atoms with Gasteiger partial charge in [-0.1, -0.05) is 37.8 Å². The Labute approximate surface area is 128 Å². The summed E-state index contributed by atoms with van der Waals surface area (Å²) in [5.74, 6) is -1.62. The van der Waals surface area contributed by atoms with Crippen molar-refractivity contribution in [3.05, 3.63) is 28.5 Å². The van der Waals surface area contributed by atoms with E-state index in [4.69, 9.17) is 16.7 Å². The van der Waals surface area contributed by atoms with Crippen LogP contribution in [0.25, 0.3) is 0 Å². The van der Waals surface area contributed by atoms with Crippen LogP contribution in [0.1, 0.15) is 43.0 Å². The van der Waals surface area contributed by atoms with Crippen LogP contribution in [0.3, 0.4) is 0 Å². The molecule has 1 aromatic carbocycles. The number of nitrogens with one attached hydrogen (secondary N) is 1. The van der Waals surface area contributed by atoms with Crippen molar-refractivity contribution in [2.75, 3.05) is 6.54 Å². The van der Waals surface area contributed by atoms with Crippen LogP contribution < -0.4 is 10.5 Å². The monoisotopic (exact) mass is 336 g/mol. The Morgan fingerprint density at radius 1 is 1.33 bits per heavy atom. The van der Waals surface area contributed by atoms with Gasteiger partial charge in [-0.15, -0.1) is 0 Å². The summed E-state index contributed by atoms with van der Waals surface area (Å²) in [6.07, 6.45) is 3.89. The fourth-order valence-electron chi connectivity index (χ4n) is 1.74. The van der Waals surface area contributed by atoms with E-state index in [-0.39, 0.29) is 5.56 Å². The van der Waals surface area contributed by atoms with Gasteiger partial charge in [0.05, 0.1) is 15.5 Å². The predicted molar refractivity (Wildman–Crippen MR) is 79.3 cm³/mol.